The van der Waals surface area contributed by atoms with E-state index in [2.05, 4.69) is 0 Å². The van der Waals surface area contributed by atoms with E-state index < -0.39 is 20.6 Å². The van der Waals surface area contributed by atoms with Crippen LogP contribution in [0, 0.1) is 10.1 Å². The van der Waals surface area contributed by atoms with Crippen LogP contribution in [-0.2, 0) is 19.9 Å². The molecule has 0 N–H and O–H groups in total. The van der Waals surface area contributed by atoms with Crippen molar-refractivity contribution < 1.29 is 17.5 Å². The summed E-state index contributed by atoms with van der Waals surface area (Å²) in [7, 11) is -4.03. The van der Waals surface area contributed by atoms with Gasteiger partial charge in [-0.1, -0.05) is 30.3 Å². The second kappa shape index (κ2) is 5.86. The third kappa shape index (κ3) is 3.49. The highest BCUT2D eigenvalue weighted by molar-refractivity contribution is 7.86. The molecule has 0 unspecified atom stereocenters. The lowest BCUT2D eigenvalue weighted by atomic mass is 9.99. The van der Waals surface area contributed by atoms with E-state index in [1.54, 1.807) is 38.1 Å². The highest BCUT2D eigenvalue weighted by atomic mass is 32.2. The molecule has 0 aliphatic heterocycles. The van der Waals surface area contributed by atoms with E-state index in [1.807, 2.05) is 6.07 Å². The Labute approximate surface area is 128 Å². The van der Waals surface area contributed by atoms with Crippen molar-refractivity contribution in [3.05, 3.63) is 70.3 Å². The summed E-state index contributed by atoms with van der Waals surface area (Å²) in [6.07, 6.45) is 0. The number of hydrogen-bond donors (Lipinski definition) is 0. The van der Waals surface area contributed by atoms with Crippen LogP contribution in [0.5, 0.6) is 0 Å². The molecule has 2 rings (SSSR count). The lowest BCUT2D eigenvalue weighted by molar-refractivity contribution is -0.384. The van der Waals surface area contributed by atoms with Gasteiger partial charge in [-0.2, -0.15) is 8.42 Å². The number of non-ortho nitro benzene ring substituents is 1. The van der Waals surface area contributed by atoms with E-state index in [4.69, 9.17) is 4.18 Å². The monoisotopic (exact) mass is 321 g/mol. The molecule has 0 bridgehead atoms. The Hall–Kier alpha value is -2.25. The van der Waals surface area contributed by atoms with Crippen LogP contribution >= 0.6 is 0 Å². The summed E-state index contributed by atoms with van der Waals surface area (Å²) in [5, 5.41) is 10.6. The molecule has 0 fully saturated rings. The largest absolute Gasteiger partial charge is 0.297 e. The summed E-state index contributed by atoms with van der Waals surface area (Å²) in [5.74, 6) is 0. The number of nitro benzene ring substituents is 1. The van der Waals surface area contributed by atoms with E-state index in [0.717, 1.165) is 24.3 Å². The molecule has 2 aromatic carbocycles. The zero-order chi connectivity index (χ0) is 16.4. The second-order valence-corrected chi connectivity index (χ2v) is 6.71. The summed E-state index contributed by atoms with van der Waals surface area (Å²) < 4.78 is 29.9. The summed E-state index contributed by atoms with van der Waals surface area (Å²) in [4.78, 5) is 9.89. The summed E-state index contributed by atoms with van der Waals surface area (Å²) in [5.41, 5.74) is -0.524. The van der Waals surface area contributed by atoms with Crippen LogP contribution in [-0.4, -0.2) is 13.3 Å². The molecule has 116 valence electrons. The summed E-state index contributed by atoms with van der Waals surface area (Å²) in [6.45, 7) is 3.29. The normalized spacial score (nSPS) is 12.1. The van der Waals surface area contributed by atoms with Crippen LogP contribution in [0.15, 0.2) is 59.5 Å². The molecule has 0 spiro atoms. The first kappa shape index (κ1) is 16.1. The first-order chi connectivity index (χ1) is 10.2. The van der Waals surface area contributed by atoms with Crippen molar-refractivity contribution in [1.29, 1.82) is 0 Å². The van der Waals surface area contributed by atoms with Gasteiger partial charge in [-0.15, -0.1) is 0 Å². The smallest absolute Gasteiger partial charge is 0.258 e. The van der Waals surface area contributed by atoms with Crippen molar-refractivity contribution in [2.24, 2.45) is 0 Å². The van der Waals surface area contributed by atoms with Gasteiger partial charge in [0.15, 0.2) is 0 Å². The fraction of sp³-hybridized carbons (Fsp3) is 0.200. The zero-order valence-electron chi connectivity index (χ0n) is 12.1. The van der Waals surface area contributed by atoms with Gasteiger partial charge < -0.3 is 0 Å². The van der Waals surface area contributed by atoms with Crippen molar-refractivity contribution in [3.63, 3.8) is 0 Å². The van der Waals surface area contributed by atoms with Gasteiger partial charge in [-0.3, -0.25) is 14.3 Å². The quantitative estimate of drug-likeness (QED) is 0.479. The highest BCUT2D eigenvalue weighted by Gasteiger charge is 2.30. The summed E-state index contributed by atoms with van der Waals surface area (Å²) in [6, 6.07) is 13.5. The minimum atomic E-state index is -4.03. The first-order valence-corrected chi connectivity index (χ1v) is 7.89. The maximum absolute atomic E-state index is 12.3. The van der Waals surface area contributed by atoms with E-state index >= 15 is 0 Å². The number of rotatable bonds is 5. The first-order valence-electron chi connectivity index (χ1n) is 6.48. The topological polar surface area (TPSA) is 86.5 Å². The SMILES string of the molecule is CC(C)(OS(=O)(=O)c1ccc([N+](=O)[O-])cc1)c1ccccc1. The van der Waals surface area contributed by atoms with E-state index in [9.17, 15) is 18.5 Å². The number of hydrogen-bond acceptors (Lipinski definition) is 5. The molecule has 7 heteroatoms. The standard InChI is InChI=1S/C15H15NO5S/c1-15(2,12-6-4-3-5-7-12)21-22(19,20)14-10-8-13(9-11-14)16(17)18/h3-11H,1-2H3. The Morgan fingerprint density at radius 3 is 2.05 bits per heavy atom. The summed E-state index contributed by atoms with van der Waals surface area (Å²) >= 11 is 0. The predicted molar refractivity (Wildman–Crippen MR) is 80.8 cm³/mol. The molecule has 0 saturated carbocycles. The molecule has 0 heterocycles. The van der Waals surface area contributed by atoms with Crippen molar-refractivity contribution in [3.8, 4) is 0 Å². The van der Waals surface area contributed by atoms with E-state index in [-0.39, 0.29) is 10.6 Å². The molecule has 0 aromatic heterocycles. The minimum absolute atomic E-state index is 0.123. The van der Waals surface area contributed by atoms with Gasteiger partial charge in [-0.25, -0.2) is 0 Å². The molecule has 2 aromatic rings. The van der Waals surface area contributed by atoms with Crippen LogP contribution in [0.2, 0.25) is 0 Å². The number of nitro groups is 1. The Balaban J connectivity index is 2.29. The molecule has 0 amide bonds. The molecule has 0 saturated heterocycles. The highest BCUT2D eigenvalue weighted by Crippen LogP contribution is 2.29. The molecule has 0 atom stereocenters. The predicted octanol–water partition coefficient (Wildman–Crippen LogP) is 3.24. The van der Waals surface area contributed by atoms with Crippen LogP contribution in [0.25, 0.3) is 0 Å². The molecule has 0 aliphatic carbocycles. The van der Waals surface area contributed by atoms with Gasteiger partial charge in [0.2, 0.25) is 0 Å². The molecular weight excluding hydrogens is 306 g/mol. The third-order valence-electron chi connectivity index (χ3n) is 3.12. The van der Waals surface area contributed by atoms with Gasteiger partial charge in [0.05, 0.1) is 9.82 Å². The van der Waals surface area contributed by atoms with Crippen LogP contribution in [0.4, 0.5) is 5.69 Å². The van der Waals surface area contributed by atoms with E-state index in [0.29, 0.717) is 5.56 Å². The zero-order valence-corrected chi connectivity index (χ0v) is 12.9. The van der Waals surface area contributed by atoms with Crippen LogP contribution in [0.3, 0.4) is 0 Å². The second-order valence-electron chi connectivity index (χ2n) is 5.16. The molecule has 0 radical (unpaired) electrons. The Morgan fingerprint density at radius 2 is 1.55 bits per heavy atom. The molecule has 6 nitrogen and oxygen atoms in total. The minimum Gasteiger partial charge on any atom is -0.258 e. The molecule has 0 aliphatic rings. The lowest BCUT2D eigenvalue weighted by Gasteiger charge is -2.24. The maximum atomic E-state index is 12.3. The molecular formula is C15H15NO5S. The van der Waals surface area contributed by atoms with Crippen LogP contribution in [0.1, 0.15) is 19.4 Å². The average molecular weight is 321 g/mol. The lowest BCUT2D eigenvalue weighted by Crippen LogP contribution is -2.25. The average Bonchev–Trinajstić information content (AvgIpc) is 2.47. The third-order valence-corrected chi connectivity index (χ3v) is 4.61. The van der Waals surface area contributed by atoms with Crippen molar-refractivity contribution in [2.75, 3.05) is 0 Å². The Kier molecular flexibility index (Phi) is 4.30. The molecule has 22 heavy (non-hydrogen) atoms. The van der Waals surface area contributed by atoms with Crippen molar-refractivity contribution >= 4 is 15.8 Å². The van der Waals surface area contributed by atoms with Gasteiger partial charge in [0.1, 0.15) is 5.60 Å². The Bertz CT molecular complexity index is 767. The van der Waals surface area contributed by atoms with Crippen LogP contribution < -0.4 is 0 Å². The van der Waals surface area contributed by atoms with Gasteiger partial charge in [-0.05, 0) is 31.5 Å². The number of nitrogens with zero attached hydrogens (tertiary/aromatic N) is 1. The Morgan fingerprint density at radius 1 is 1.00 bits per heavy atom. The van der Waals surface area contributed by atoms with Gasteiger partial charge >= 0.3 is 0 Å². The van der Waals surface area contributed by atoms with Crippen molar-refractivity contribution in [1.82, 2.24) is 0 Å². The van der Waals surface area contributed by atoms with Gasteiger partial charge in [0, 0.05) is 12.1 Å². The maximum Gasteiger partial charge on any atom is 0.297 e. The number of benzene rings is 2. The fourth-order valence-electron chi connectivity index (χ4n) is 1.94. The van der Waals surface area contributed by atoms with Gasteiger partial charge in [0.25, 0.3) is 15.8 Å². The fourth-order valence-corrected chi connectivity index (χ4v) is 3.15. The van der Waals surface area contributed by atoms with Crippen molar-refractivity contribution in [2.45, 2.75) is 24.3 Å². The van der Waals surface area contributed by atoms with E-state index in [1.165, 1.54) is 0 Å².